The first-order chi connectivity index (χ1) is 5.75. The molecule has 0 fully saturated rings. The van der Waals surface area contributed by atoms with E-state index in [1.165, 1.54) is 18.1 Å². The molecule has 0 radical (unpaired) electrons. The van der Waals surface area contributed by atoms with Gasteiger partial charge in [-0.2, -0.15) is 0 Å². The van der Waals surface area contributed by atoms with E-state index in [9.17, 15) is 4.79 Å². The molecule has 66 valence electrons. The van der Waals surface area contributed by atoms with E-state index in [0.29, 0.717) is 9.45 Å². The minimum absolute atomic E-state index is 0.0947. The molecule has 1 rings (SSSR count). The van der Waals surface area contributed by atoms with Crippen molar-refractivity contribution in [1.82, 2.24) is 9.97 Å². The largest absolute Gasteiger partial charge is 0.312 e. The van der Waals surface area contributed by atoms with Crippen LogP contribution in [0, 0.1) is 3.57 Å². The molecule has 1 heterocycles. The molecule has 12 heavy (non-hydrogen) atoms. The fraction of sp³-hybridized carbons (Fsp3) is 0.333. The highest BCUT2D eigenvalue weighted by Crippen LogP contribution is 2.17. The number of aromatic nitrogens is 2. The number of hydrogen-bond donors (Lipinski definition) is 1. The van der Waals surface area contributed by atoms with Crippen molar-refractivity contribution in [1.29, 1.82) is 0 Å². The monoisotopic (exact) mass is 316 g/mol. The molecule has 0 atom stereocenters. The van der Waals surface area contributed by atoms with E-state index >= 15 is 0 Å². The van der Waals surface area contributed by atoms with Gasteiger partial charge < -0.3 is 4.98 Å². The van der Waals surface area contributed by atoms with Gasteiger partial charge in [-0.15, -0.1) is 23.4 Å². The van der Waals surface area contributed by atoms with Crippen molar-refractivity contribution in [3.05, 3.63) is 20.3 Å². The molecular formula is C6H6ClIN2OS. The second kappa shape index (κ2) is 5.08. The Labute approximate surface area is 92.5 Å². The lowest BCUT2D eigenvalue weighted by molar-refractivity contribution is 0.988. The van der Waals surface area contributed by atoms with E-state index in [1.54, 1.807) is 0 Å². The molecule has 0 saturated heterocycles. The molecule has 0 bridgehead atoms. The summed E-state index contributed by atoms with van der Waals surface area (Å²) in [7, 11) is 0. The van der Waals surface area contributed by atoms with Gasteiger partial charge in [-0.25, -0.2) is 4.98 Å². The number of hydrogen-bond acceptors (Lipinski definition) is 3. The quantitative estimate of drug-likeness (QED) is 0.400. The van der Waals surface area contributed by atoms with Crippen LogP contribution in [-0.2, 0) is 0 Å². The van der Waals surface area contributed by atoms with Crippen LogP contribution >= 0.6 is 46.0 Å². The van der Waals surface area contributed by atoms with E-state index in [-0.39, 0.29) is 5.56 Å². The summed E-state index contributed by atoms with van der Waals surface area (Å²) in [4.78, 5) is 17.6. The Morgan fingerprint density at radius 1 is 1.75 bits per heavy atom. The Morgan fingerprint density at radius 2 is 2.50 bits per heavy atom. The molecule has 1 aromatic rings. The third-order valence-corrected chi connectivity index (χ3v) is 3.85. The number of aromatic amines is 1. The van der Waals surface area contributed by atoms with Crippen LogP contribution in [0.5, 0.6) is 0 Å². The van der Waals surface area contributed by atoms with Gasteiger partial charge in [-0.3, -0.25) is 4.79 Å². The maximum atomic E-state index is 11.1. The molecule has 0 unspecified atom stereocenters. The fourth-order valence-corrected chi connectivity index (χ4v) is 2.21. The molecule has 0 spiro atoms. The van der Waals surface area contributed by atoms with Gasteiger partial charge in [0.05, 0.1) is 6.33 Å². The summed E-state index contributed by atoms with van der Waals surface area (Å²) in [5, 5.41) is 0.750. The van der Waals surface area contributed by atoms with Crippen molar-refractivity contribution in [3.63, 3.8) is 0 Å². The topological polar surface area (TPSA) is 45.8 Å². The Bertz CT molecular complexity index is 317. The van der Waals surface area contributed by atoms with Crippen molar-refractivity contribution in [2.75, 3.05) is 11.6 Å². The predicted octanol–water partition coefficient (Wildman–Crippen LogP) is 1.71. The van der Waals surface area contributed by atoms with Crippen molar-refractivity contribution < 1.29 is 0 Å². The number of nitrogens with one attached hydrogen (secondary N) is 1. The number of halogens is 2. The fourth-order valence-electron chi connectivity index (χ4n) is 0.603. The zero-order valence-corrected chi connectivity index (χ0v) is 9.74. The van der Waals surface area contributed by atoms with Gasteiger partial charge in [0.1, 0.15) is 8.60 Å². The normalized spacial score (nSPS) is 10.2. The SMILES string of the molecule is O=c1[nH]cnc(SCCCl)c1I. The third kappa shape index (κ3) is 2.63. The second-order valence-corrected chi connectivity index (χ2v) is 4.43. The average Bonchev–Trinajstić information content (AvgIpc) is 2.08. The highest BCUT2D eigenvalue weighted by atomic mass is 127. The zero-order chi connectivity index (χ0) is 8.97. The summed E-state index contributed by atoms with van der Waals surface area (Å²) < 4.78 is 0.630. The maximum absolute atomic E-state index is 11.1. The first-order valence-corrected chi connectivity index (χ1v) is 5.77. The lowest BCUT2D eigenvalue weighted by atomic mass is 10.7. The lowest BCUT2D eigenvalue weighted by Gasteiger charge is -1.98. The predicted molar refractivity (Wildman–Crippen MR) is 59.0 cm³/mol. The zero-order valence-electron chi connectivity index (χ0n) is 6.01. The Kier molecular flexibility index (Phi) is 4.38. The van der Waals surface area contributed by atoms with E-state index < -0.39 is 0 Å². The van der Waals surface area contributed by atoms with Gasteiger partial charge in [0.15, 0.2) is 0 Å². The van der Waals surface area contributed by atoms with Crippen LogP contribution in [0.3, 0.4) is 0 Å². The third-order valence-electron chi connectivity index (χ3n) is 1.08. The summed E-state index contributed by atoms with van der Waals surface area (Å²) in [5.74, 6) is 1.34. The van der Waals surface area contributed by atoms with E-state index in [0.717, 1.165) is 10.8 Å². The van der Waals surface area contributed by atoms with Crippen LogP contribution in [0.2, 0.25) is 0 Å². The summed E-state index contributed by atoms with van der Waals surface area (Å²) in [6.45, 7) is 0. The number of H-pyrrole nitrogens is 1. The van der Waals surface area contributed by atoms with Crippen LogP contribution in [0.4, 0.5) is 0 Å². The van der Waals surface area contributed by atoms with E-state index in [4.69, 9.17) is 11.6 Å². The van der Waals surface area contributed by atoms with Gasteiger partial charge >= 0.3 is 0 Å². The smallest absolute Gasteiger partial charge is 0.265 e. The summed E-state index contributed by atoms with van der Waals surface area (Å²) in [6, 6.07) is 0. The minimum atomic E-state index is -0.0947. The Balaban J connectivity index is 2.85. The second-order valence-electron chi connectivity index (χ2n) is 1.89. The number of rotatable bonds is 3. The van der Waals surface area contributed by atoms with E-state index in [2.05, 4.69) is 9.97 Å². The van der Waals surface area contributed by atoms with Crippen molar-refractivity contribution >= 4 is 46.0 Å². The average molecular weight is 317 g/mol. The van der Waals surface area contributed by atoms with Crippen molar-refractivity contribution in [2.45, 2.75) is 5.03 Å². The minimum Gasteiger partial charge on any atom is -0.312 e. The van der Waals surface area contributed by atoms with E-state index in [1.807, 2.05) is 22.6 Å². The Hall–Kier alpha value is 0.250. The molecular weight excluding hydrogens is 311 g/mol. The van der Waals surface area contributed by atoms with Crippen LogP contribution in [0.15, 0.2) is 16.1 Å². The molecule has 0 aliphatic rings. The van der Waals surface area contributed by atoms with Crippen LogP contribution in [-0.4, -0.2) is 21.6 Å². The van der Waals surface area contributed by atoms with Crippen LogP contribution < -0.4 is 5.56 Å². The molecule has 0 aromatic carbocycles. The molecule has 0 amide bonds. The van der Waals surface area contributed by atoms with Gasteiger partial charge in [-0.05, 0) is 22.6 Å². The standard InChI is InChI=1S/C6H6ClIN2OS/c7-1-2-12-6-4(8)5(11)9-3-10-6/h3H,1-2H2,(H,9,10,11). The highest BCUT2D eigenvalue weighted by molar-refractivity contribution is 14.1. The summed E-state index contributed by atoms with van der Waals surface area (Å²) >= 11 is 8.97. The number of alkyl halides is 1. The number of nitrogens with zero attached hydrogens (tertiary/aromatic N) is 1. The van der Waals surface area contributed by atoms with Crippen LogP contribution in [0.1, 0.15) is 0 Å². The van der Waals surface area contributed by atoms with Crippen molar-refractivity contribution in [2.24, 2.45) is 0 Å². The first-order valence-electron chi connectivity index (χ1n) is 3.17. The van der Waals surface area contributed by atoms with Gasteiger partial charge in [0.25, 0.3) is 5.56 Å². The summed E-state index contributed by atoms with van der Waals surface area (Å²) in [5.41, 5.74) is -0.0947. The molecule has 0 aliphatic heterocycles. The maximum Gasteiger partial charge on any atom is 0.265 e. The number of thioether (sulfide) groups is 1. The molecule has 3 nitrogen and oxygen atoms in total. The molecule has 6 heteroatoms. The van der Waals surface area contributed by atoms with Gasteiger partial charge in [0, 0.05) is 11.6 Å². The van der Waals surface area contributed by atoms with Crippen molar-refractivity contribution in [3.8, 4) is 0 Å². The van der Waals surface area contributed by atoms with Gasteiger partial charge in [-0.1, -0.05) is 0 Å². The Morgan fingerprint density at radius 3 is 3.17 bits per heavy atom. The van der Waals surface area contributed by atoms with Gasteiger partial charge in [0.2, 0.25) is 0 Å². The first kappa shape index (κ1) is 10.3. The van der Waals surface area contributed by atoms with Crippen LogP contribution in [0.25, 0.3) is 0 Å². The lowest BCUT2D eigenvalue weighted by Crippen LogP contribution is -2.11. The molecule has 0 aliphatic carbocycles. The highest BCUT2D eigenvalue weighted by Gasteiger charge is 2.04. The summed E-state index contributed by atoms with van der Waals surface area (Å²) in [6.07, 6.45) is 1.40. The molecule has 1 aromatic heterocycles. The molecule has 1 N–H and O–H groups in total. The molecule has 0 saturated carbocycles.